The fourth-order valence-corrected chi connectivity index (χ4v) is 3.94. The Morgan fingerprint density at radius 3 is 2.66 bits per heavy atom. The number of fused-ring (bicyclic) bond motifs is 2. The highest BCUT2D eigenvalue weighted by atomic mass is 19.1. The van der Waals surface area contributed by atoms with Gasteiger partial charge in [0.15, 0.2) is 11.6 Å². The first-order valence-corrected chi connectivity index (χ1v) is 9.53. The van der Waals surface area contributed by atoms with E-state index in [1.807, 2.05) is 24.3 Å². The number of aromatic amines is 1. The first-order valence-electron chi connectivity index (χ1n) is 9.53. The summed E-state index contributed by atoms with van der Waals surface area (Å²) in [5.74, 6) is 0.487. The smallest absolute Gasteiger partial charge is 0.229 e. The summed E-state index contributed by atoms with van der Waals surface area (Å²) in [5.41, 5.74) is 3.08. The maximum atomic E-state index is 14.2. The van der Waals surface area contributed by atoms with E-state index in [1.54, 1.807) is 22.9 Å². The Balaban J connectivity index is 1.69. The van der Waals surface area contributed by atoms with Gasteiger partial charge in [-0.25, -0.2) is 14.1 Å². The van der Waals surface area contributed by atoms with Gasteiger partial charge in [0, 0.05) is 6.42 Å². The number of Topliss-reactive ketones (excluding diaryl/α,β-unsaturated/α-hetero) is 1. The number of halogens is 1. The van der Waals surface area contributed by atoms with Gasteiger partial charge in [-0.15, -0.1) is 5.10 Å². The molecule has 0 fully saturated rings. The van der Waals surface area contributed by atoms with Crippen molar-refractivity contribution in [3.8, 4) is 5.95 Å². The first kappa shape index (κ1) is 17.6. The number of aromatic nitrogens is 4. The zero-order chi connectivity index (χ0) is 20.2. The van der Waals surface area contributed by atoms with E-state index in [0.29, 0.717) is 30.2 Å². The molecule has 2 heterocycles. The number of rotatable bonds is 3. The maximum absolute atomic E-state index is 14.2. The molecule has 6 nitrogen and oxygen atoms in total. The lowest BCUT2D eigenvalue weighted by atomic mass is 9.76. The van der Waals surface area contributed by atoms with Crippen molar-refractivity contribution in [3.63, 3.8) is 0 Å². The molecule has 0 aliphatic heterocycles. The number of imidazole rings is 1. The van der Waals surface area contributed by atoms with E-state index in [0.717, 1.165) is 16.7 Å². The van der Waals surface area contributed by atoms with Crippen molar-refractivity contribution < 1.29 is 9.18 Å². The number of nitrogens with one attached hydrogen (secondary N) is 2. The first-order chi connectivity index (χ1) is 13.9. The Morgan fingerprint density at radius 2 is 1.86 bits per heavy atom. The van der Waals surface area contributed by atoms with Gasteiger partial charge in [-0.2, -0.15) is 0 Å². The van der Waals surface area contributed by atoms with Gasteiger partial charge >= 0.3 is 0 Å². The molecular weight excluding hydrogens is 369 g/mol. The summed E-state index contributed by atoms with van der Waals surface area (Å²) in [4.78, 5) is 20.9. The van der Waals surface area contributed by atoms with Crippen LogP contribution < -0.4 is 5.32 Å². The molecule has 1 aliphatic carbocycles. The minimum absolute atomic E-state index is 0.00236. The number of benzene rings is 2. The van der Waals surface area contributed by atoms with Crippen LogP contribution in [0, 0.1) is 11.2 Å². The predicted molar refractivity (Wildman–Crippen MR) is 109 cm³/mol. The van der Waals surface area contributed by atoms with Gasteiger partial charge in [0.25, 0.3) is 0 Å². The maximum Gasteiger partial charge on any atom is 0.229 e. The van der Waals surface area contributed by atoms with Crippen LogP contribution in [0.25, 0.3) is 17.0 Å². The highest BCUT2D eigenvalue weighted by molar-refractivity contribution is 6.03. The molecule has 0 radical (unpaired) electrons. The summed E-state index contributed by atoms with van der Waals surface area (Å²) in [7, 11) is 0. The number of hydrogen-bond donors (Lipinski definition) is 2. The Morgan fingerprint density at radius 1 is 1.10 bits per heavy atom. The highest BCUT2D eigenvalue weighted by Crippen LogP contribution is 2.39. The molecule has 146 valence electrons. The Labute approximate surface area is 166 Å². The van der Waals surface area contributed by atoms with E-state index in [-0.39, 0.29) is 16.9 Å². The molecule has 0 spiro atoms. The number of hydrogen-bond acceptors (Lipinski definition) is 4. The van der Waals surface area contributed by atoms with Gasteiger partial charge in [0.2, 0.25) is 5.95 Å². The number of anilines is 2. The molecule has 0 unspecified atom stereocenters. The molecule has 29 heavy (non-hydrogen) atoms. The van der Waals surface area contributed by atoms with E-state index >= 15 is 0 Å². The van der Waals surface area contributed by atoms with Crippen molar-refractivity contribution >= 4 is 28.3 Å². The standard InChI is InChI=1S/C22H20FN5O/c1-22(2)11-17-19(18(29)12-22)20(24-14-8-4-3-7-13(14)23)27-28(17)21-25-15-9-5-6-10-16(15)26-21/h3-10H,11-12H2,1-2H3,(H,24,27)(H,25,26). The van der Waals surface area contributed by atoms with Crippen molar-refractivity contribution in [2.24, 2.45) is 5.41 Å². The van der Waals surface area contributed by atoms with E-state index in [2.05, 4.69) is 34.2 Å². The van der Waals surface area contributed by atoms with E-state index in [1.165, 1.54) is 6.07 Å². The van der Waals surface area contributed by atoms with Crippen LogP contribution in [0.1, 0.15) is 36.3 Å². The fourth-order valence-electron chi connectivity index (χ4n) is 3.94. The van der Waals surface area contributed by atoms with E-state index in [4.69, 9.17) is 0 Å². The average molecular weight is 389 g/mol. The van der Waals surface area contributed by atoms with Gasteiger partial charge in [-0.05, 0) is 36.1 Å². The molecule has 2 aromatic heterocycles. The second-order valence-corrected chi connectivity index (χ2v) is 8.21. The zero-order valence-electron chi connectivity index (χ0n) is 16.2. The number of H-pyrrole nitrogens is 1. The normalized spacial score (nSPS) is 15.5. The van der Waals surface area contributed by atoms with Crippen molar-refractivity contribution in [1.82, 2.24) is 19.7 Å². The lowest BCUT2D eigenvalue weighted by Gasteiger charge is -2.28. The highest BCUT2D eigenvalue weighted by Gasteiger charge is 2.37. The predicted octanol–water partition coefficient (Wildman–Crippen LogP) is 4.79. The summed E-state index contributed by atoms with van der Waals surface area (Å²) in [5, 5.41) is 7.65. The molecule has 0 saturated carbocycles. The second-order valence-electron chi connectivity index (χ2n) is 8.21. The third-order valence-electron chi connectivity index (χ3n) is 5.25. The minimum atomic E-state index is -0.400. The molecule has 0 bridgehead atoms. The summed E-state index contributed by atoms with van der Waals surface area (Å²) in [6.07, 6.45) is 1.08. The Kier molecular flexibility index (Phi) is 3.81. The number of carbonyl (C=O) groups excluding carboxylic acids is 1. The van der Waals surface area contributed by atoms with Gasteiger partial charge < -0.3 is 10.3 Å². The molecule has 0 amide bonds. The second kappa shape index (κ2) is 6.27. The van der Waals surface area contributed by atoms with Crippen LogP contribution in [0.4, 0.5) is 15.9 Å². The van der Waals surface area contributed by atoms with Crippen LogP contribution in [0.3, 0.4) is 0 Å². The molecule has 2 N–H and O–H groups in total. The van der Waals surface area contributed by atoms with Crippen LogP contribution in [-0.4, -0.2) is 25.5 Å². The van der Waals surface area contributed by atoms with Crippen molar-refractivity contribution in [1.29, 1.82) is 0 Å². The Hall–Kier alpha value is -3.48. The largest absolute Gasteiger partial charge is 0.336 e. The summed E-state index contributed by atoms with van der Waals surface area (Å²) >= 11 is 0. The third kappa shape index (κ3) is 2.99. The van der Waals surface area contributed by atoms with Crippen LogP contribution in [-0.2, 0) is 6.42 Å². The lowest BCUT2D eigenvalue weighted by Crippen LogP contribution is -2.28. The van der Waals surface area contributed by atoms with Crippen LogP contribution >= 0.6 is 0 Å². The van der Waals surface area contributed by atoms with Gasteiger partial charge in [-0.1, -0.05) is 38.1 Å². The van der Waals surface area contributed by atoms with Crippen molar-refractivity contribution in [3.05, 3.63) is 65.6 Å². The van der Waals surface area contributed by atoms with Crippen molar-refractivity contribution in [2.45, 2.75) is 26.7 Å². The summed E-state index contributed by atoms with van der Waals surface area (Å²) in [6, 6.07) is 14.1. The number of nitrogens with zero attached hydrogens (tertiary/aromatic N) is 3. The molecule has 7 heteroatoms. The molecular formula is C22H20FN5O. The van der Waals surface area contributed by atoms with Gasteiger partial charge in [0.05, 0.1) is 28.0 Å². The third-order valence-corrected chi connectivity index (χ3v) is 5.25. The lowest BCUT2D eigenvalue weighted by molar-refractivity contribution is 0.0911. The molecule has 2 aromatic carbocycles. The summed E-state index contributed by atoms with van der Waals surface area (Å²) in [6.45, 7) is 4.13. The minimum Gasteiger partial charge on any atom is -0.336 e. The summed E-state index contributed by atoms with van der Waals surface area (Å²) < 4.78 is 15.9. The Bertz CT molecular complexity index is 1220. The number of ketones is 1. The molecule has 0 saturated heterocycles. The number of carbonyl (C=O) groups is 1. The van der Waals surface area contributed by atoms with E-state index in [9.17, 15) is 9.18 Å². The van der Waals surface area contributed by atoms with Crippen LogP contribution in [0.5, 0.6) is 0 Å². The van der Waals surface area contributed by atoms with Crippen LogP contribution in [0.2, 0.25) is 0 Å². The quantitative estimate of drug-likeness (QED) is 0.528. The topological polar surface area (TPSA) is 75.6 Å². The van der Waals surface area contributed by atoms with Gasteiger partial charge in [0.1, 0.15) is 5.82 Å². The zero-order valence-corrected chi connectivity index (χ0v) is 16.2. The van der Waals surface area contributed by atoms with Crippen LogP contribution in [0.15, 0.2) is 48.5 Å². The van der Waals surface area contributed by atoms with E-state index < -0.39 is 5.82 Å². The fraction of sp³-hybridized carbons (Fsp3) is 0.227. The molecule has 5 rings (SSSR count). The average Bonchev–Trinajstić information content (AvgIpc) is 3.24. The van der Waals surface area contributed by atoms with Crippen molar-refractivity contribution in [2.75, 3.05) is 5.32 Å². The SMILES string of the molecule is CC1(C)CC(=O)c2c(Nc3ccccc3F)nn(-c3nc4ccccc4[nH]3)c2C1. The van der Waals surface area contributed by atoms with Gasteiger partial charge in [-0.3, -0.25) is 4.79 Å². The number of para-hydroxylation sites is 3. The molecule has 1 aliphatic rings. The molecule has 0 atom stereocenters. The molecule has 4 aromatic rings. The monoisotopic (exact) mass is 389 g/mol.